The van der Waals surface area contributed by atoms with E-state index in [2.05, 4.69) is 47.2 Å². The smallest absolute Gasteiger partial charge is 0.125 e. The molecule has 0 fully saturated rings. The summed E-state index contributed by atoms with van der Waals surface area (Å²) in [5.41, 5.74) is 1.62. The van der Waals surface area contributed by atoms with Gasteiger partial charge in [0.1, 0.15) is 5.75 Å². The fraction of sp³-hybridized carbons (Fsp3) is 0.625. The van der Waals surface area contributed by atoms with Crippen LogP contribution in [0.2, 0.25) is 0 Å². The molecule has 1 aromatic carbocycles. The van der Waals surface area contributed by atoms with Crippen LogP contribution in [0.25, 0.3) is 0 Å². The van der Waals surface area contributed by atoms with E-state index in [0.717, 1.165) is 41.8 Å². The molecule has 0 aromatic heterocycles. The predicted octanol–water partition coefficient (Wildman–Crippen LogP) is 3.07. The van der Waals surface area contributed by atoms with Crippen LogP contribution in [-0.4, -0.2) is 29.9 Å². The second-order valence-corrected chi connectivity index (χ2v) is 7.10. The molecule has 4 heteroatoms. The first-order valence-electron chi connectivity index (χ1n) is 7.27. The number of aliphatic hydroxyl groups is 1. The highest BCUT2D eigenvalue weighted by molar-refractivity contribution is 9.10. The fourth-order valence-corrected chi connectivity index (χ4v) is 3.16. The average Bonchev–Trinajstić information content (AvgIpc) is 2.75. The molecule has 0 amide bonds. The molecule has 1 aliphatic rings. The Kier molecular flexibility index (Phi) is 5.10. The molecule has 112 valence electrons. The first kappa shape index (κ1) is 15.8. The van der Waals surface area contributed by atoms with Crippen molar-refractivity contribution in [2.45, 2.75) is 51.7 Å². The summed E-state index contributed by atoms with van der Waals surface area (Å²) >= 11 is 3.55. The summed E-state index contributed by atoms with van der Waals surface area (Å²) in [6.07, 6.45) is 2.31. The molecule has 0 radical (unpaired) electrons. The van der Waals surface area contributed by atoms with Crippen molar-refractivity contribution >= 4 is 15.9 Å². The fourth-order valence-electron chi connectivity index (χ4n) is 2.61. The third-order valence-electron chi connectivity index (χ3n) is 3.61. The number of fused-ring (bicyclic) bond motifs is 1. The highest BCUT2D eigenvalue weighted by atomic mass is 79.9. The van der Waals surface area contributed by atoms with Gasteiger partial charge in [-0.25, -0.2) is 0 Å². The van der Waals surface area contributed by atoms with Crippen LogP contribution in [0.1, 0.15) is 38.3 Å². The quantitative estimate of drug-likeness (QED) is 0.835. The third kappa shape index (κ3) is 4.21. The summed E-state index contributed by atoms with van der Waals surface area (Å²) in [6, 6.07) is 4.62. The van der Waals surface area contributed by atoms with Crippen LogP contribution in [0.15, 0.2) is 16.6 Å². The molecule has 1 heterocycles. The van der Waals surface area contributed by atoms with Gasteiger partial charge < -0.3 is 15.2 Å². The van der Waals surface area contributed by atoms with E-state index in [9.17, 15) is 5.11 Å². The number of ether oxygens (including phenoxy) is 1. The zero-order valence-electron chi connectivity index (χ0n) is 12.5. The Bertz CT molecular complexity index is 472. The minimum absolute atomic E-state index is 0.448. The van der Waals surface area contributed by atoms with E-state index in [-0.39, 0.29) is 0 Å². The molecule has 2 rings (SSSR count). The van der Waals surface area contributed by atoms with Gasteiger partial charge in [-0.05, 0) is 43.1 Å². The molecule has 20 heavy (non-hydrogen) atoms. The topological polar surface area (TPSA) is 41.5 Å². The van der Waals surface area contributed by atoms with E-state index in [1.807, 2.05) is 6.92 Å². The lowest BCUT2D eigenvalue weighted by Gasteiger charge is -2.25. The normalized spacial score (nSPS) is 16.9. The largest absolute Gasteiger partial charge is 0.493 e. The monoisotopic (exact) mass is 341 g/mol. The van der Waals surface area contributed by atoms with Crippen molar-refractivity contribution in [3.63, 3.8) is 0 Å². The van der Waals surface area contributed by atoms with Gasteiger partial charge in [-0.2, -0.15) is 0 Å². The summed E-state index contributed by atoms with van der Waals surface area (Å²) < 4.78 is 6.79. The predicted molar refractivity (Wildman–Crippen MR) is 85.4 cm³/mol. The lowest BCUT2D eigenvalue weighted by Crippen LogP contribution is -2.34. The summed E-state index contributed by atoms with van der Waals surface area (Å²) in [7, 11) is 0. The highest BCUT2D eigenvalue weighted by Crippen LogP contribution is 2.35. The van der Waals surface area contributed by atoms with Crippen molar-refractivity contribution in [2.24, 2.45) is 0 Å². The van der Waals surface area contributed by atoms with Gasteiger partial charge in [-0.15, -0.1) is 0 Å². The van der Waals surface area contributed by atoms with Crippen molar-refractivity contribution in [3.05, 3.63) is 27.7 Å². The molecule has 0 spiro atoms. The zero-order valence-corrected chi connectivity index (χ0v) is 14.1. The van der Waals surface area contributed by atoms with Crippen molar-refractivity contribution in [1.82, 2.24) is 5.32 Å². The molecule has 0 saturated heterocycles. The molecule has 3 nitrogen and oxygen atoms in total. The molecule has 2 N–H and O–H groups in total. The van der Waals surface area contributed by atoms with Gasteiger partial charge in [-0.1, -0.05) is 29.8 Å². The summed E-state index contributed by atoms with van der Waals surface area (Å²) in [5, 5.41) is 13.9. The minimum atomic E-state index is -0.720. The zero-order chi connectivity index (χ0) is 14.8. The lowest BCUT2D eigenvalue weighted by atomic mass is 9.91. The van der Waals surface area contributed by atoms with Gasteiger partial charge in [0.05, 0.1) is 12.2 Å². The highest BCUT2D eigenvalue weighted by Gasteiger charge is 2.25. The number of hydrogen-bond donors (Lipinski definition) is 2. The summed E-state index contributed by atoms with van der Waals surface area (Å²) in [5.74, 6) is 0.977. The van der Waals surface area contributed by atoms with E-state index in [1.165, 1.54) is 5.56 Å². The van der Waals surface area contributed by atoms with Gasteiger partial charge in [0.25, 0.3) is 0 Å². The Hall–Kier alpha value is -0.580. The van der Waals surface area contributed by atoms with Crippen molar-refractivity contribution in [1.29, 1.82) is 0 Å². The Labute approximate surface area is 129 Å². The van der Waals surface area contributed by atoms with Crippen molar-refractivity contribution in [3.8, 4) is 5.75 Å². The van der Waals surface area contributed by atoms with Crippen LogP contribution >= 0.6 is 15.9 Å². The number of nitrogens with one attached hydrogen (secondary N) is 1. The first-order chi connectivity index (χ1) is 9.37. The average molecular weight is 342 g/mol. The lowest BCUT2D eigenvalue weighted by molar-refractivity contribution is 0.0504. The van der Waals surface area contributed by atoms with E-state index < -0.39 is 5.60 Å². The molecule has 1 aromatic rings. The molecule has 0 aliphatic carbocycles. The van der Waals surface area contributed by atoms with Crippen LogP contribution < -0.4 is 10.1 Å². The molecule has 0 saturated carbocycles. The Morgan fingerprint density at radius 2 is 2.20 bits per heavy atom. The second-order valence-electron chi connectivity index (χ2n) is 6.18. The number of rotatable bonds is 6. The van der Waals surface area contributed by atoms with Crippen LogP contribution in [0.5, 0.6) is 5.75 Å². The molecule has 0 bridgehead atoms. The Balaban J connectivity index is 2.05. The van der Waals surface area contributed by atoms with E-state index >= 15 is 0 Å². The molecular formula is C16H24BrNO2. The van der Waals surface area contributed by atoms with E-state index in [4.69, 9.17) is 4.74 Å². The van der Waals surface area contributed by atoms with Crippen LogP contribution in [0, 0.1) is 0 Å². The number of hydrogen-bond acceptors (Lipinski definition) is 3. The van der Waals surface area contributed by atoms with Gasteiger partial charge in [0, 0.05) is 23.4 Å². The van der Waals surface area contributed by atoms with Gasteiger partial charge >= 0.3 is 0 Å². The maximum atomic E-state index is 10.6. The maximum absolute atomic E-state index is 10.6. The van der Waals surface area contributed by atoms with Gasteiger partial charge in [0.15, 0.2) is 0 Å². The summed E-state index contributed by atoms with van der Waals surface area (Å²) in [4.78, 5) is 0. The number of halogens is 1. The van der Waals surface area contributed by atoms with E-state index in [0.29, 0.717) is 12.5 Å². The number of benzene rings is 1. The van der Waals surface area contributed by atoms with E-state index in [1.54, 1.807) is 0 Å². The van der Waals surface area contributed by atoms with Crippen molar-refractivity contribution < 1.29 is 9.84 Å². The Morgan fingerprint density at radius 1 is 1.45 bits per heavy atom. The maximum Gasteiger partial charge on any atom is 0.125 e. The standard InChI is InChI=1S/C16H24BrNO2/c1-11(2)18-6-5-16(3,19)10-13-9-14(17)8-12-4-7-20-15(12)13/h8-9,11,18-19H,4-7,10H2,1-3H3. The molecule has 1 atom stereocenters. The van der Waals surface area contributed by atoms with Crippen LogP contribution in [0.4, 0.5) is 0 Å². The third-order valence-corrected chi connectivity index (χ3v) is 4.07. The first-order valence-corrected chi connectivity index (χ1v) is 8.06. The van der Waals surface area contributed by atoms with Crippen LogP contribution in [-0.2, 0) is 12.8 Å². The molecule has 1 unspecified atom stereocenters. The minimum Gasteiger partial charge on any atom is -0.493 e. The molecular weight excluding hydrogens is 318 g/mol. The van der Waals surface area contributed by atoms with Gasteiger partial charge in [0.2, 0.25) is 0 Å². The van der Waals surface area contributed by atoms with Crippen LogP contribution in [0.3, 0.4) is 0 Å². The molecule has 1 aliphatic heterocycles. The second kappa shape index (κ2) is 6.46. The summed E-state index contributed by atoms with van der Waals surface area (Å²) in [6.45, 7) is 7.70. The van der Waals surface area contributed by atoms with Crippen molar-refractivity contribution in [2.75, 3.05) is 13.2 Å². The Morgan fingerprint density at radius 3 is 2.90 bits per heavy atom. The SMILES string of the molecule is CC(C)NCCC(C)(O)Cc1cc(Br)cc2c1OCC2. The van der Waals surface area contributed by atoms with Gasteiger partial charge in [-0.3, -0.25) is 0 Å².